The van der Waals surface area contributed by atoms with Crippen molar-refractivity contribution < 1.29 is 14.6 Å². The van der Waals surface area contributed by atoms with Crippen molar-refractivity contribution in [3.8, 4) is 11.5 Å². The molecule has 1 aliphatic rings. The average Bonchev–Trinajstić information content (AvgIpc) is 2.51. The van der Waals surface area contributed by atoms with Crippen LogP contribution in [0.15, 0.2) is 41.3 Å². The van der Waals surface area contributed by atoms with E-state index in [0.29, 0.717) is 16.3 Å². The Balaban J connectivity index is 2.07. The molecule has 4 nitrogen and oxygen atoms in total. The maximum absolute atomic E-state index is 12.6. The highest BCUT2D eigenvalue weighted by Crippen LogP contribution is 2.49. The molecule has 2 aromatic carbocycles. The number of carbonyl (C=O) groups excluding carboxylic acids is 1. The second kappa shape index (κ2) is 5.74. The molecule has 3 rings (SSSR count). The topological polar surface area (TPSA) is 49.8 Å². The van der Waals surface area contributed by atoms with Crippen molar-refractivity contribution in [3.63, 3.8) is 0 Å². The Bertz CT molecular complexity index is 750. The van der Waals surface area contributed by atoms with Crippen LogP contribution in [0.25, 0.3) is 0 Å². The van der Waals surface area contributed by atoms with Crippen molar-refractivity contribution in [2.24, 2.45) is 0 Å². The number of fused-ring (bicyclic) bond motifs is 1. The fraction of sp³-hybridized carbons (Fsp3) is 0.188. The number of carbonyl (C=O) groups is 1. The maximum Gasteiger partial charge on any atom is 0.244 e. The summed E-state index contributed by atoms with van der Waals surface area (Å²) in [7, 11) is 3.27. The number of anilines is 1. The molecule has 114 valence electrons. The van der Waals surface area contributed by atoms with E-state index in [0.717, 1.165) is 10.6 Å². The van der Waals surface area contributed by atoms with Gasteiger partial charge in [0.25, 0.3) is 0 Å². The molecule has 0 saturated carbocycles. The van der Waals surface area contributed by atoms with Gasteiger partial charge in [-0.25, -0.2) is 0 Å². The molecule has 6 heteroatoms. The first-order valence-electron chi connectivity index (χ1n) is 6.62. The van der Waals surface area contributed by atoms with Gasteiger partial charge in [0.1, 0.15) is 16.7 Å². The SMILES string of the molecule is COc1ccc(O)c(C2Sc3cc(Cl)ccc3N(C)C2=O)c1. The highest BCUT2D eigenvalue weighted by Gasteiger charge is 2.34. The van der Waals surface area contributed by atoms with Gasteiger partial charge in [-0.3, -0.25) is 4.79 Å². The fourth-order valence-electron chi connectivity index (χ4n) is 2.40. The predicted octanol–water partition coefficient (Wildman–Crippen LogP) is 3.86. The Morgan fingerprint density at radius 1 is 1.27 bits per heavy atom. The predicted molar refractivity (Wildman–Crippen MR) is 88.1 cm³/mol. The summed E-state index contributed by atoms with van der Waals surface area (Å²) in [5.41, 5.74) is 1.35. The Morgan fingerprint density at radius 2 is 2.05 bits per heavy atom. The number of halogens is 1. The molecule has 1 aliphatic heterocycles. The molecule has 0 radical (unpaired) electrons. The number of benzene rings is 2. The van der Waals surface area contributed by atoms with Crippen molar-refractivity contribution in [1.29, 1.82) is 0 Å². The summed E-state index contributed by atoms with van der Waals surface area (Å²) in [6, 6.07) is 10.3. The monoisotopic (exact) mass is 335 g/mol. The molecule has 2 aromatic rings. The van der Waals surface area contributed by atoms with Crippen LogP contribution in [0.1, 0.15) is 10.8 Å². The molecule has 1 unspecified atom stereocenters. The number of aromatic hydroxyl groups is 1. The Labute approximate surface area is 137 Å². The first kappa shape index (κ1) is 15.1. The van der Waals surface area contributed by atoms with Crippen LogP contribution in [0.2, 0.25) is 5.02 Å². The van der Waals surface area contributed by atoms with Crippen LogP contribution < -0.4 is 9.64 Å². The van der Waals surface area contributed by atoms with Crippen LogP contribution in [-0.2, 0) is 4.79 Å². The Morgan fingerprint density at radius 3 is 2.77 bits per heavy atom. The number of rotatable bonds is 2. The Hall–Kier alpha value is -1.85. The number of likely N-dealkylation sites (N-methyl/N-ethyl adjacent to an activating group) is 1. The van der Waals surface area contributed by atoms with Gasteiger partial charge in [-0.2, -0.15) is 0 Å². The zero-order valence-corrected chi connectivity index (χ0v) is 13.6. The highest BCUT2D eigenvalue weighted by atomic mass is 35.5. The second-order valence-electron chi connectivity index (χ2n) is 4.93. The second-order valence-corrected chi connectivity index (χ2v) is 6.52. The summed E-state index contributed by atoms with van der Waals surface area (Å²) in [5.74, 6) is 0.578. The number of methoxy groups -OCH3 is 1. The van der Waals surface area contributed by atoms with Gasteiger partial charge in [0.05, 0.1) is 12.8 Å². The van der Waals surface area contributed by atoms with E-state index in [2.05, 4.69) is 0 Å². The van der Waals surface area contributed by atoms with Crippen LogP contribution in [0.4, 0.5) is 5.69 Å². The molecule has 0 aliphatic carbocycles. The van der Waals surface area contributed by atoms with Crippen molar-refractivity contribution in [1.82, 2.24) is 0 Å². The van der Waals surface area contributed by atoms with E-state index < -0.39 is 5.25 Å². The number of thioether (sulfide) groups is 1. The number of phenols is 1. The number of ether oxygens (including phenoxy) is 1. The lowest BCUT2D eigenvalue weighted by molar-refractivity contribution is -0.118. The van der Waals surface area contributed by atoms with Crippen LogP contribution in [0.3, 0.4) is 0 Å². The van der Waals surface area contributed by atoms with E-state index in [1.165, 1.54) is 17.8 Å². The van der Waals surface area contributed by atoms with Crippen molar-refractivity contribution >= 4 is 35.0 Å². The van der Waals surface area contributed by atoms with E-state index >= 15 is 0 Å². The summed E-state index contributed by atoms with van der Waals surface area (Å²) >= 11 is 7.43. The van der Waals surface area contributed by atoms with Crippen molar-refractivity contribution in [2.45, 2.75) is 10.1 Å². The van der Waals surface area contributed by atoms with E-state index in [1.54, 1.807) is 37.3 Å². The van der Waals surface area contributed by atoms with Gasteiger partial charge in [0, 0.05) is 22.5 Å². The molecule has 1 amide bonds. The minimum Gasteiger partial charge on any atom is -0.508 e. The van der Waals surface area contributed by atoms with Gasteiger partial charge in [0.2, 0.25) is 5.91 Å². The molecule has 22 heavy (non-hydrogen) atoms. The normalized spacial score (nSPS) is 17.3. The molecule has 1 heterocycles. The fourth-order valence-corrected chi connectivity index (χ4v) is 3.98. The standard InChI is InChI=1S/C16H14ClNO3S/c1-18-12-5-3-9(17)7-14(12)22-15(16(18)20)11-8-10(21-2)4-6-13(11)19/h3-8,15,19H,1-2H3. The number of hydrogen-bond acceptors (Lipinski definition) is 4. The lowest BCUT2D eigenvalue weighted by Gasteiger charge is -2.31. The third-order valence-corrected chi connectivity index (χ3v) is 5.11. The molecule has 1 N–H and O–H groups in total. The molecule has 0 spiro atoms. The van der Waals surface area contributed by atoms with Gasteiger partial charge in [-0.05, 0) is 36.4 Å². The zero-order chi connectivity index (χ0) is 15.9. The number of phenolic OH excluding ortho intramolecular Hbond substituents is 1. The lowest BCUT2D eigenvalue weighted by Crippen LogP contribution is -2.33. The summed E-state index contributed by atoms with van der Waals surface area (Å²) < 4.78 is 5.18. The van der Waals surface area contributed by atoms with E-state index in [4.69, 9.17) is 16.3 Å². The lowest BCUT2D eigenvalue weighted by atomic mass is 10.1. The summed E-state index contributed by atoms with van der Waals surface area (Å²) in [6.45, 7) is 0. The molecule has 0 fully saturated rings. The minimum atomic E-state index is -0.536. The van der Waals surface area contributed by atoms with E-state index in [1.807, 2.05) is 12.1 Å². The molecule has 0 bridgehead atoms. The Kier molecular flexibility index (Phi) is 3.93. The van der Waals surface area contributed by atoms with E-state index in [9.17, 15) is 9.90 Å². The van der Waals surface area contributed by atoms with Crippen LogP contribution >= 0.6 is 23.4 Å². The minimum absolute atomic E-state index is 0.0746. The number of nitrogens with zero attached hydrogens (tertiary/aromatic N) is 1. The zero-order valence-electron chi connectivity index (χ0n) is 12.0. The van der Waals surface area contributed by atoms with E-state index in [-0.39, 0.29) is 11.7 Å². The smallest absolute Gasteiger partial charge is 0.244 e. The van der Waals surface area contributed by atoms with Gasteiger partial charge in [-0.15, -0.1) is 11.8 Å². The first-order chi connectivity index (χ1) is 10.5. The third kappa shape index (κ3) is 2.51. The first-order valence-corrected chi connectivity index (χ1v) is 7.87. The molecular formula is C16H14ClNO3S. The summed E-state index contributed by atoms with van der Waals surface area (Å²) in [5, 5.41) is 10.2. The summed E-state index contributed by atoms with van der Waals surface area (Å²) in [4.78, 5) is 15.1. The van der Waals surface area contributed by atoms with Gasteiger partial charge >= 0.3 is 0 Å². The van der Waals surface area contributed by atoms with Crippen LogP contribution in [0.5, 0.6) is 11.5 Å². The van der Waals surface area contributed by atoms with Crippen LogP contribution in [0, 0.1) is 0 Å². The molecular weight excluding hydrogens is 322 g/mol. The maximum atomic E-state index is 12.6. The van der Waals surface area contributed by atoms with Crippen molar-refractivity contribution in [2.75, 3.05) is 19.1 Å². The van der Waals surface area contributed by atoms with Gasteiger partial charge in [-0.1, -0.05) is 11.6 Å². The summed E-state index contributed by atoms with van der Waals surface area (Å²) in [6.07, 6.45) is 0. The van der Waals surface area contributed by atoms with Gasteiger partial charge in [0.15, 0.2) is 0 Å². The quantitative estimate of drug-likeness (QED) is 0.905. The van der Waals surface area contributed by atoms with Crippen molar-refractivity contribution in [3.05, 3.63) is 47.0 Å². The molecule has 0 saturated heterocycles. The number of amides is 1. The third-order valence-electron chi connectivity index (χ3n) is 3.60. The molecule has 0 aromatic heterocycles. The highest BCUT2D eigenvalue weighted by molar-refractivity contribution is 8.00. The molecule has 1 atom stereocenters. The average molecular weight is 336 g/mol. The number of hydrogen-bond donors (Lipinski definition) is 1. The largest absolute Gasteiger partial charge is 0.508 e. The van der Waals surface area contributed by atoms with Crippen LogP contribution in [-0.4, -0.2) is 25.2 Å². The van der Waals surface area contributed by atoms with Gasteiger partial charge < -0.3 is 14.7 Å².